The van der Waals surface area contributed by atoms with Crippen LogP contribution in [0.25, 0.3) is 0 Å². The first-order valence-electron chi connectivity index (χ1n) is 6.68. The molecular formula is C14H22N2O3. The Morgan fingerprint density at radius 2 is 2.21 bits per heavy atom. The van der Waals surface area contributed by atoms with Crippen LogP contribution >= 0.6 is 0 Å². The highest BCUT2D eigenvalue weighted by Gasteiger charge is 2.21. The number of nitrogens with zero attached hydrogens (tertiary/aromatic N) is 1. The Bertz CT molecular complexity index is 408. The molecule has 0 aliphatic heterocycles. The lowest BCUT2D eigenvalue weighted by atomic mass is 10.2. The van der Waals surface area contributed by atoms with Crippen molar-refractivity contribution in [3.05, 3.63) is 23.5 Å². The minimum absolute atomic E-state index is 0.217. The van der Waals surface area contributed by atoms with E-state index in [1.54, 1.807) is 7.11 Å². The number of pyridine rings is 1. The van der Waals surface area contributed by atoms with E-state index in [0.717, 1.165) is 17.1 Å². The fraction of sp³-hybridized carbons (Fsp3) is 0.643. The SMILES string of the molecule is COCC(O)COc1ccc(C)nc1CNC1CC1. The lowest BCUT2D eigenvalue weighted by molar-refractivity contribution is 0.0322. The molecule has 1 fully saturated rings. The molecule has 1 unspecified atom stereocenters. The van der Waals surface area contributed by atoms with Crippen LogP contribution in [0.3, 0.4) is 0 Å². The zero-order valence-corrected chi connectivity index (χ0v) is 11.6. The summed E-state index contributed by atoms with van der Waals surface area (Å²) in [5, 5.41) is 13.0. The number of ether oxygens (including phenoxy) is 2. The van der Waals surface area contributed by atoms with Gasteiger partial charge in [-0.15, -0.1) is 0 Å². The molecule has 0 aromatic carbocycles. The largest absolute Gasteiger partial charge is 0.489 e. The molecule has 0 saturated heterocycles. The van der Waals surface area contributed by atoms with E-state index >= 15 is 0 Å². The van der Waals surface area contributed by atoms with Gasteiger partial charge in [0.15, 0.2) is 0 Å². The van der Waals surface area contributed by atoms with Crippen molar-refractivity contribution in [2.24, 2.45) is 0 Å². The molecule has 1 saturated carbocycles. The first kappa shape index (κ1) is 14.2. The highest BCUT2D eigenvalue weighted by molar-refractivity contribution is 5.29. The average molecular weight is 266 g/mol. The standard InChI is InChI=1S/C14H22N2O3/c1-10-3-6-14(19-9-12(17)8-18-2)13(16-10)7-15-11-4-5-11/h3,6,11-12,15,17H,4-5,7-9H2,1-2H3. The summed E-state index contributed by atoms with van der Waals surface area (Å²) in [7, 11) is 1.56. The zero-order chi connectivity index (χ0) is 13.7. The summed E-state index contributed by atoms with van der Waals surface area (Å²) in [6, 6.07) is 4.46. The molecule has 19 heavy (non-hydrogen) atoms. The Balaban J connectivity index is 1.92. The zero-order valence-electron chi connectivity index (χ0n) is 11.6. The van der Waals surface area contributed by atoms with Gasteiger partial charge in [-0.05, 0) is 31.9 Å². The number of nitrogens with one attached hydrogen (secondary N) is 1. The van der Waals surface area contributed by atoms with Crippen molar-refractivity contribution < 1.29 is 14.6 Å². The van der Waals surface area contributed by atoms with E-state index in [4.69, 9.17) is 9.47 Å². The first-order valence-corrected chi connectivity index (χ1v) is 6.68. The molecule has 2 rings (SSSR count). The normalized spacial score (nSPS) is 16.4. The van der Waals surface area contributed by atoms with E-state index in [2.05, 4.69) is 10.3 Å². The number of aliphatic hydroxyl groups excluding tert-OH is 1. The average Bonchev–Trinajstić information content (AvgIpc) is 3.19. The van der Waals surface area contributed by atoms with Crippen LogP contribution in [-0.4, -0.2) is 42.6 Å². The van der Waals surface area contributed by atoms with E-state index < -0.39 is 6.10 Å². The van der Waals surface area contributed by atoms with Crippen LogP contribution in [0.1, 0.15) is 24.2 Å². The van der Waals surface area contributed by atoms with Gasteiger partial charge in [-0.3, -0.25) is 4.98 Å². The Hall–Kier alpha value is -1.17. The molecule has 5 heteroatoms. The van der Waals surface area contributed by atoms with Crippen molar-refractivity contribution in [2.45, 2.75) is 38.5 Å². The van der Waals surface area contributed by atoms with E-state index in [9.17, 15) is 5.11 Å². The Kier molecular flexibility index (Phi) is 5.13. The summed E-state index contributed by atoms with van der Waals surface area (Å²) < 4.78 is 10.5. The van der Waals surface area contributed by atoms with Gasteiger partial charge in [0, 0.05) is 25.4 Å². The third kappa shape index (κ3) is 4.78. The maximum Gasteiger partial charge on any atom is 0.142 e. The lowest BCUT2D eigenvalue weighted by Gasteiger charge is -2.14. The van der Waals surface area contributed by atoms with Gasteiger partial charge >= 0.3 is 0 Å². The van der Waals surface area contributed by atoms with Gasteiger partial charge in [0.2, 0.25) is 0 Å². The molecule has 2 N–H and O–H groups in total. The molecule has 1 aromatic rings. The van der Waals surface area contributed by atoms with Gasteiger partial charge in [0.05, 0.1) is 12.3 Å². The summed E-state index contributed by atoms with van der Waals surface area (Å²) in [6.07, 6.45) is 1.87. The number of rotatable bonds is 8. The Morgan fingerprint density at radius 3 is 2.89 bits per heavy atom. The van der Waals surface area contributed by atoms with Crippen LogP contribution in [0.2, 0.25) is 0 Å². The number of methoxy groups -OCH3 is 1. The van der Waals surface area contributed by atoms with Crippen LogP contribution in [0.4, 0.5) is 0 Å². The molecule has 106 valence electrons. The maximum atomic E-state index is 9.60. The van der Waals surface area contributed by atoms with Crippen molar-refractivity contribution in [1.82, 2.24) is 10.3 Å². The molecule has 0 radical (unpaired) electrons. The maximum absolute atomic E-state index is 9.60. The van der Waals surface area contributed by atoms with Crippen molar-refractivity contribution in [3.63, 3.8) is 0 Å². The Labute approximate surface area is 114 Å². The smallest absolute Gasteiger partial charge is 0.142 e. The predicted molar refractivity (Wildman–Crippen MR) is 72.2 cm³/mol. The number of aliphatic hydroxyl groups is 1. The van der Waals surface area contributed by atoms with Crippen LogP contribution in [-0.2, 0) is 11.3 Å². The summed E-state index contributed by atoms with van der Waals surface area (Å²) in [6.45, 7) is 3.16. The van der Waals surface area contributed by atoms with Crippen LogP contribution in [0.15, 0.2) is 12.1 Å². The van der Waals surface area contributed by atoms with Crippen LogP contribution < -0.4 is 10.1 Å². The molecular weight excluding hydrogens is 244 g/mol. The summed E-state index contributed by atoms with van der Waals surface area (Å²) in [5.74, 6) is 0.730. The van der Waals surface area contributed by atoms with Crippen molar-refractivity contribution in [2.75, 3.05) is 20.3 Å². The molecule has 1 heterocycles. The van der Waals surface area contributed by atoms with Gasteiger partial charge in [-0.25, -0.2) is 0 Å². The first-order chi connectivity index (χ1) is 9.19. The number of aryl methyl sites for hydroxylation is 1. The van der Waals surface area contributed by atoms with Gasteiger partial charge in [0.1, 0.15) is 18.5 Å². The number of aromatic nitrogens is 1. The monoisotopic (exact) mass is 266 g/mol. The summed E-state index contributed by atoms with van der Waals surface area (Å²) in [5.41, 5.74) is 1.87. The summed E-state index contributed by atoms with van der Waals surface area (Å²) in [4.78, 5) is 4.50. The fourth-order valence-corrected chi connectivity index (χ4v) is 1.81. The van der Waals surface area contributed by atoms with Crippen molar-refractivity contribution in [3.8, 4) is 5.75 Å². The third-order valence-electron chi connectivity index (χ3n) is 3.00. The molecule has 0 bridgehead atoms. The second kappa shape index (κ2) is 6.84. The third-order valence-corrected chi connectivity index (χ3v) is 3.00. The van der Waals surface area contributed by atoms with Gasteiger partial charge in [-0.1, -0.05) is 0 Å². The van der Waals surface area contributed by atoms with Crippen molar-refractivity contribution in [1.29, 1.82) is 0 Å². The fourth-order valence-electron chi connectivity index (χ4n) is 1.81. The van der Waals surface area contributed by atoms with E-state index in [1.807, 2.05) is 19.1 Å². The molecule has 1 aromatic heterocycles. The highest BCUT2D eigenvalue weighted by atomic mass is 16.5. The van der Waals surface area contributed by atoms with Gasteiger partial charge < -0.3 is 19.9 Å². The molecule has 1 aliphatic rings. The van der Waals surface area contributed by atoms with Crippen LogP contribution in [0, 0.1) is 6.92 Å². The molecule has 5 nitrogen and oxygen atoms in total. The quantitative estimate of drug-likeness (QED) is 0.736. The number of hydrogen-bond acceptors (Lipinski definition) is 5. The van der Waals surface area contributed by atoms with E-state index in [-0.39, 0.29) is 13.2 Å². The topological polar surface area (TPSA) is 63.6 Å². The van der Waals surface area contributed by atoms with E-state index in [1.165, 1.54) is 12.8 Å². The van der Waals surface area contributed by atoms with Gasteiger partial charge in [-0.2, -0.15) is 0 Å². The van der Waals surface area contributed by atoms with Gasteiger partial charge in [0.25, 0.3) is 0 Å². The van der Waals surface area contributed by atoms with Crippen LogP contribution in [0.5, 0.6) is 5.75 Å². The Morgan fingerprint density at radius 1 is 1.42 bits per heavy atom. The molecule has 1 atom stereocenters. The number of hydrogen-bond donors (Lipinski definition) is 2. The molecule has 0 amide bonds. The second-order valence-electron chi connectivity index (χ2n) is 4.97. The van der Waals surface area contributed by atoms with Crippen molar-refractivity contribution >= 4 is 0 Å². The minimum atomic E-state index is -0.615. The van der Waals surface area contributed by atoms with E-state index in [0.29, 0.717) is 12.6 Å². The molecule has 1 aliphatic carbocycles. The molecule has 0 spiro atoms. The predicted octanol–water partition coefficient (Wildman–Crippen LogP) is 1.03. The lowest BCUT2D eigenvalue weighted by Crippen LogP contribution is -2.24. The highest BCUT2D eigenvalue weighted by Crippen LogP contribution is 2.22. The second-order valence-corrected chi connectivity index (χ2v) is 4.97. The minimum Gasteiger partial charge on any atom is -0.489 e. The summed E-state index contributed by atoms with van der Waals surface area (Å²) >= 11 is 0.